The lowest BCUT2D eigenvalue weighted by molar-refractivity contribution is -0.169. The van der Waals surface area contributed by atoms with Crippen molar-refractivity contribution in [2.24, 2.45) is 5.92 Å². The molecule has 1 heterocycles. The molecule has 2 atom stereocenters. The van der Waals surface area contributed by atoms with Gasteiger partial charge >= 0.3 is 5.97 Å². The Morgan fingerprint density at radius 1 is 1.56 bits per heavy atom. The summed E-state index contributed by atoms with van der Waals surface area (Å²) in [6.45, 7) is 10.1. The zero-order valence-corrected chi connectivity index (χ0v) is 11.6. The van der Waals surface area contributed by atoms with Crippen LogP contribution < -0.4 is 0 Å². The van der Waals surface area contributed by atoms with Crippen molar-refractivity contribution in [2.75, 3.05) is 13.7 Å². The van der Waals surface area contributed by atoms with Crippen LogP contribution in [0, 0.1) is 5.92 Å². The molecule has 1 aliphatic heterocycles. The molecule has 0 spiro atoms. The van der Waals surface area contributed by atoms with Gasteiger partial charge in [-0.05, 0) is 33.3 Å². The second-order valence-electron chi connectivity index (χ2n) is 5.66. The number of aliphatic hydroxyl groups excluding tert-OH is 1. The van der Waals surface area contributed by atoms with E-state index >= 15 is 0 Å². The Kier molecular flexibility index (Phi) is 3.58. The van der Waals surface area contributed by atoms with Gasteiger partial charge in [-0.15, -0.1) is 0 Å². The summed E-state index contributed by atoms with van der Waals surface area (Å²) in [5.41, 5.74) is -1.76. The summed E-state index contributed by atoms with van der Waals surface area (Å²) in [6, 6.07) is 0. The van der Waals surface area contributed by atoms with Crippen LogP contribution in [-0.2, 0) is 14.3 Å². The van der Waals surface area contributed by atoms with E-state index in [2.05, 4.69) is 6.58 Å². The minimum atomic E-state index is -1.45. The highest BCUT2D eigenvalue weighted by Crippen LogP contribution is 2.38. The lowest BCUT2D eigenvalue weighted by Crippen LogP contribution is -2.55. The minimum absolute atomic E-state index is 0.236. The van der Waals surface area contributed by atoms with Crippen LogP contribution in [0.5, 0.6) is 0 Å². The lowest BCUT2D eigenvalue weighted by atomic mass is 9.88. The predicted octanol–water partition coefficient (Wildman–Crippen LogP) is 0.723. The number of likely N-dealkylation sites (N-methyl/N-ethyl adjacent to an activating group) is 1. The Bertz CT molecular complexity index is 396. The van der Waals surface area contributed by atoms with Gasteiger partial charge in [0.2, 0.25) is 5.91 Å². The van der Waals surface area contributed by atoms with Crippen molar-refractivity contribution < 1.29 is 19.4 Å². The van der Waals surface area contributed by atoms with Gasteiger partial charge in [0.05, 0.1) is 12.5 Å². The number of hydrogen-bond acceptors (Lipinski definition) is 4. The zero-order valence-electron chi connectivity index (χ0n) is 11.6. The molecule has 5 nitrogen and oxygen atoms in total. The van der Waals surface area contributed by atoms with E-state index in [9.17, 15) is 14.7 Å². The standard InChI is InChI=1S/C13H21NO4/c1-8-9(2)13(7-15,14(6)10(8)16)11(17)18-12(3,4)5/h8,15H,2,7H2,1,3-6H3/t8-,13+/m1/s1. The van der Waals surface area contributed by atoms with Crippen LogP contribution in [0.2, 0.25) is 0 Å². The SMILES string of the molecule is C=C1[C@@H](C)C(=O)N(C)[C@]1(CO)C(=O)OC(C)(C)C. The lowest BCUT2D eigenvalue weighted by Gasteiger charge is -2.35. The summed E-state index contributed by atoms with van der Waals surface area (Å²) in [7, 11) is 1.48. The molecule has 1 fully saturated rings. The largest absolute Gasteiger partial charge is 0.458 e. The van der Waals surface area contributed by atoms with Crippen molar-refractivity contribution in [1.82, 2.24) is 4.90 Å². The fourth-order valence-corrected chi connectivity index (χ4v) is 2.10. The molecule has 1 amide bonds. The first kappa shape index (κ1) is 14.7. The minimum Gasteiger partial charge on any atom is -0.458 e. The molecular weight excluding hydrogens is 234 g/mol. The van der Waals surface area contributed by atoms with Crippen molar-refractivity contribution in [2.45, 2.75) is 38.8 Å². The molecule has 1 aliphatic rings. The normalized spacial score (nSPS) is 28.8. The van der Waals surface area contributed by atoms with Crippen LogP contribution in [0.1, 0.15) is 27.7 Å². The van der Waals surface area contributed by atoms with Crippen LogP contribution >= 0.6 is 0 Å². The monoisotopic (exact) mass is 255 g/mol. The summed E-state index contributed by atoms with van der Waals surface area (Å²) in [5.74, 6) is -1.36. The number of amides is 1. The van der Waals surface area contributed by atoms with Gasteiger partial charge in [-0.25, -0.2) is 4.79 Å². The van der Waals surface area contributed by atoms with E-state index in [0.29, 0.717) is 5.57 Å². The molecule has 102 valence electrons. The zero-order chi connectivity index (χ0) is 14.3. The van der Waals surface area contributed by atoms with Gasteiger partial charge in [-0.2, -0.15) is 0 Å². The third-order valence-electron chi connectivity index (χ3n) is 3.29. The molecule has 0 bridgehead atoms. The van der Waals surface area contributed by atoms with Crippen LogP contribution in [0.3, 0.4) is 0 Å². The molecule has 5 heteroatoms. The van der Waals surface area contributed by atoms with Crippen molar-refractivity contribution in [3.63, 3.8) is 0 Å². The maximum atomic E-state index is 12.3. The average molecular weight is 255 g/mol. The van der Waals surface area contributed by atoms with Gasteiger partial charge in [0.25, 0.3) is 0 Å². The number of carbonyl (C=O) groups excluding carboxylic acids is 2. The topological polar surface area (TPSA) is 66.8 Å². The maximum absolute atomic E-state index is 12.3. The number of aliphatic hydroxyl groups is 1. The van der Waals surface area contributed by atoms with E-state index in [1.54, 1.807) is 27.7 Å². The summed E-state index contributed by atoms with van der Waals surface area (Å²) in [4.78, 5) is 25.4. The highest BCUT2D eigenvalue weighted by atomic mass is 16.6. The fraction of sp³-hybridized carbons (Fsp3) is 0.692. The van der Waals surface area contributed by atoms with E-state index in [1.165, 1.54) is 11.9 Å². The van der Waals surface area contributed by atoms with E-state index in [1.807, 2.05) is 0 Å². The van der Waals surface area contributed by atoms with Gasteiger partial charge in [-0.3, -0.25) is 4.79 Å². The highest BCUT2D eigenvalue weighted by Gasteiger charge is 2.57. The van der Waals surface area contributed by atoms with Crippen LogP contribution in [0.25, 0.3) is 0 Å². The number of hydrogen-bond donors (Lipinski definition) is 1. The molecule has 0 saturated carbocycles. The molecule has 0 radical (unpaired) electrons. The van der Waals surface area contributed by atoms with Crippen molar-refractivity contribution >= 4 is 11.9 Å². The van der Waals surface area contributed by atoms with E-state index in [-0.39, 0.29) is 5.91 Å². The molecule has 0 unspecified atom stereocenters. The Morgan fingerprint density at radius 2 is 2.06 bits per heavy atom. The molecule has 18 heavy (non-hydrogen) atoms. The van der Waals surface area contributed by atoms with Gasteiger partial charge in [0, 0.05) is 7.05 Å². The number of ether oxygens (including phenoxy) is 1. The molecule has 0 aromatic heterocycles. The number of rotatable bonds is 2. The maximum Gasteiger partial charge on any atom is 0.339 e. The van der Waals surface area contributed by atoms with Crippen LogP contribution in [0.15, 0.2) is 12.2 Å². The van der Waals surface area contributed by atoms with E-state index in [0.717, 1.165) is 0 Å². The van der Waals surface area contributed by atoms with Gasteiger partial charge in [0.15, 0.2) is 5.54 Å². The number of nitrogens with zero attached hydrogens (tertiary/aromatic N) is 1. The molecular formula is C13H21NO4. The van der Waals surface area contributed by atoms with Crippen molar-refractivity contribution in [3.05, 3.63) is 12.2 Å². The molecule has 1 rings (SSSR count). The van der Waals surface area contributed by atoms with E-state index in [4.69, 9.17) is 4.74 Å². The van der Waals surface area contributed by atoms with Crippen molar-refractivity contribution in [3.8, 4) is 0 Å². The van der Waals surface area contributed by atoms with E-state index < -0.39 is 29.6 Å². The van der Waals surface area contributed by atoms with Crippen LogP contribution in [-0.4, -0.2) is 46.7 Å². The van der Waals surface area contributed by atoms with Crippen LogP contribution in [0.4, 0.5) is 0 Å². The van der Waals surface area contributed by atoms with Crippen molar-refractivity contribution in [1.29, 1.82) is 0 Å². The molecule has 1 saturated heterocycles. The Hall–Kier alpha value is -1.36. The Balaban J connectivity index is 3.18. The molecule has 0 aromatic rings. The molecule has 0 aliphatic carbocycles. The molecule has 1 N–H and O–H groups in total. The first-order valence-corrected chi connectivity index (χ1v) is 5.89. The summed E-state index contributed by atoms with van der Waals surface area (Å²) in [5, 5.41) is 9.60. The first-order chi connectivity index (χ1) is 8.08. The number of esters is 1. The highest BCUT2D eigenvalue weighted by molar-refractivity contribution is 5.98. The number of carbonyl (C=O) groups is 2. The first-order valence-electron chi connectivity index (χ1n) is 5.89. The van der Waals surface area contributed by atoms with Gasteiger partial charge < -0.3 is 14.7 Å². The quantitative estimate of drug-likeness (QED) is 0.583. The average Bonchev–Trinajstić information content (AvgIpc) is 2.40. The summed E-state index contributed by atoms with van der Waals surface area (Å²) >= 11 is 0. The number of likely N-dealkylation sites (tertiary alicyclic amines) is 1. The summed E-state index contributed by atoms with van der Waals surface area (Å²) < 4.78 is 5.30. The second kappa shape index (κ2) is 4.39. The Morgan fingerprint density at radius 3 is 2.33 bits per heavy atom. The smallest absolute Gasteiger partial charge is 0.339 e. The summed E-state index contributed by atoms with van der Waals surface area (Å²) in [6.07, 6.45) is 0. The fourth-order valence-electron chi connectivity index (χ4n) is 2.10. The third kappa shape index (κ3) is 2.03. The predicted molar refractivity (Wildman–Crippen MR) is 66.7 cm³/mol. The van der Waals surface area contributed by atoms with Gasteiger partial charge in [-0.1, -0.05) is 6.58 Å². The second-order valence-corrected chi connectivity index (χ2v) is 5.66. The Labute approximate surface area is 107 Å². The third-order valence-corrected chi connectivity index (χ3v) is 3.29. The molecule has 0 aromatic carbocycles. The van der Waals surface area contributed by atoms with Gasteiger partial charge in [0.1, 0.15) is 5.60 Å².